The molecule has 1 aromatic rings. The molecule has 2 atom stereocenters. The van der Waals surface area contributed by atoms with Gasteiger partial charge >= 0.3 is 0 Å². The van der Waals surface area contributed by atoms with Crippen LogP contribution in [-0.4, -0.2) is 24.3 Å². The van der Waals surface area contributed by atoms with Crippen LogP contribution in [0.15, 0.2) is 24.3 Å². The number of non-ortho nitro benzene ring substituents is 1. The third-order valence-corrected chi connectivity index (χ3v) is 5.38. The van der Waals surface area contributed by atoms with E-state index in [1.807, 2.05) is 0 Å². The third kappa shape index (κ3) is 2.31. The van der Waals surface area contributed by atoms with E-state index in [0.29, 0.717) is 6.42 Å². The summed E-state index contributed by atoms with van der Waals surface area (Å²) >= 11 is 0. The summed E-state index contributed by atoms with van der Waals surface area (Å²) in [5, 5.41) is 10.2. The topological polar surface area (TPSA) is 77.3 Å². The first-order chi connectivity index (χ1) is 7.95. The molecule has 0 radical (unpaired) electrons. The van der Waals surface area contributed by atoms with E-state index < -0.39 is 14.8 Å². The number of sulfone groups is 1. The van der Waals surface area contributed by atoms with Crippen LogP contribution in [0, 0.1) is 10.1 Å². The second-order valence-corrected chi connectivity index (χ2v) is 6.69. The first-order valence-corrected chi connectivity index (χ1v) is 7.13. The molecule has 2 rings (SSSR count). The summed E-state index contributed by atoms with van der Waals surface area (Å²) in [7, 11) is -2.98. The van der Waals surface area contributed by atoms with Crippen molar-refractivity contribution in [2.24, 2.45) is 0 Å². The van der Waals surface area contributed by atoms with E-state index in [-0.39, 0.29) is 22.6 Å². The second kappa shape index (κ2) is 4.10. The Kier molecular flexibility index (Phi) is 2.91. The van der Waals surface area contributed by atoms with Gasteiger partial charge in [-0.3, -0.25) is 10.1 Å². The molecule has 1 aliphatic rings. The lowest BCUT2D eigenvalue weighted by Crippen LogP contribution is -2.10. The maximum atomic E-state index is 11.6. The van der Waals surface area contributed by atoms with Gasteiger partial charge in [0.25, 0.3) is 5.69 Å². The van der Waals surface area contributed by atoms with Gasteiger partial charge in [-0.25, -0.2) is 8.42 Å². The van der Waals surface area contributed by atoms with Crippen molar-refractivity contribution in [1.29, 1.82) is 0 Å². The van der Waals surface area contributed by atoms with Crippen molar-refractivity contribution < 1.29 is 13.3 Å². The number of benzene rings is 1. The standard InChI is InChI=1S/C11H13NO4S/c1-2-17(15,16)11-7-10(11)8-3-5-9(6-4-8)12(13)14/h3-6,10-11H,2,7H2,1H3/t10-,11+/m0/s1. The molecule has 0 amide bonds. The molecule has 17 heavy (non-hydrogen) atoms. The Labute approximate surface area is 99.5 Å². The minimum absolute atomic E-state index is 0.0146. The van der Waals surface area contributed by atoms with E-state index in [1.54, 1.807) is 19.1 Å². The van der Waals surface area contributed by atoms with Crippen LogP contribution in [0.5, 0.6) is 0 Å². The molecular weight excluding hydrogens is 242 g/mol. The van der Waals surface area contributed by atoms with Gasteiger partial charge in [-0.2, -0.15) is 0 Å². The Morgan fingerprint density at radius 3 is 2.41 bits per heavy atom. The number of nitro groups is 1. The van der Waals surface area contributed by atoms with Crippen LogP contribution in [0.25, 0.3) is 0 Å². The predicted molar refractivity (Wildman–Crippen MR) is 63.7 cm³/mol. The third-order valence-electron chi connectivity index (χ3n) is 3.13. The van der Waals surface area contributed by atoms with Gasteiger partial charge in [-0.15, -0.1) is 0 Å². The summed E-state index contributed by atoms with van der Waals surface area (Å²) in [4.78, 5) is 10.0. The quantitative estimate of drug-likeness (QED) is 0.608. The minimum atomic E-state index is -2.98. The number of nitro benzene ring substituents is 1. The Morgan fingerprint density at radius 2 is 1.94 bits per heavy atom. The van der Waals surface area contributed by atoms with Crippen molar-refractivity contribution in [3.63, 3.8) is 0 Å². The molecule has 5 nitrogen and oxygen atoms in total. The lowest BCUT2D eigenvalue weighted by Gasteiger charge is -2.00. The Bertz CT molecular complexity index is 535. The zero-order valence-electron chi connectivity index (χ0n) is 9.37. The summed E-state index contributed by atoms with van der Waals surface area (Å²) in [5.41, 5.74) is 0.905. The van der Waals surface area contributed by atoms with Gasteiger partial charge in [-0.05, 0) is 12.0 Å². The SMILES string of the molecule is CCS(=O)(=O)[C@@H]1C[C@H]1c1ccc([N+](=O)[O-])cc1. The summed E-state index contributed by atoms with van der Waals surface area (Å²) < 4.78 is 23.2. The minimum Gasteiger partial charge on any atom is -0.258 e. The average molecular weight is 255 g/mol. The molecule has 0 N–H and O–H groups in total. The fourth-order valence-electron chi connectivity index (χ4n) is 1.98. The number of hydrogen-bond donors (Lipinski definition) is 0. The highest BCUT2D eigenvalue weighted by Gasteiger charge is 2.46. The zero-order chi connectivity index (χ0) is 12.6. The van der Waals surface area contributed by atoms with Gasteiger partial charge in [-0.1, -0.05) is 19.1 Å². The highest BCUT2D eigenvalue weighted by molar-refractivity contribution is 7.92. The first-order valence-electron chi connectivity index (χ1n) is 5.41. The van der Waals surface area contributed by atoms with Crippen LogP contribution in [0.3, 0.4) is 0 Å². The van der Waals surface area contributed by atoms with Crippen LogP contribution < -0.4 is 0 Å². The molecule has 1 aromatic carbocycles. The van der Waals surface area contributed by atoms with E-state index in [0.717, 1.165) is 5.56 Å². The van der Waals surface area contributed by atoms with Gasteiger partial charge in [0, 0.05) is 23.8 Å². The maximum Gasteiger partial charge on any atom is 0.269 e. The average Bonchev–Trinajstić information content (AvgIpc) is 3.10. The molecule has 1 aliphatic carbocycles. The Morgan fingerprint density at radius 1 is 1.35 bits per heavy atom. The van der Waals surface area contributed by atoms with Crippen molar-refractivity contribution in [3.05, 3.63) is 39.9 Å². The molecule has 0 spiro atoms. The van der Waals surface area contributed by atoms with Crippen molar-refractivity contribution in [3.8, 4) is 0 Å². The van der Waals surface area contributed by atoms with Gasteiger partial charge in [0.2, 0.25) is 0 Å². The molecule has 0 aliphatic heterocycles. The van der Waals surface area contributed by atoms with Gasteiger partial charge < -0.3 is 0 Å². The van der Waals surface area contributed by atoms with Crippen LogP contribution in [0.2, 0.25) is 0 Å². The molecule has 0 unspecified atom stereocenters. The van der Waals surface area contributed by atoms with Gasteiger partial charge in [0.1, 0.15) is 0 Å². The van der Waals surface area contributed by atoms with Crippen LogP contribution in [-0.2, 0) is 9.84 Å². The lowest BCUT2D eigenvalue weighted by molar-refractivity contribution is -0.384. The van der Waals surface area contributed by atoms with Crippen LogP contribution in [0.1, 0.15) is 24.8 Å². The van der Waals surface area contributed by atoms with Crippen molar-refractivity contribution >= 4 is 15.5 Å². The molecule has 0 aromatic heterocycles. The number of rotatable bonds is 4. The van der Waals surface area contributed by atoms with Gasteiger partial charge in [0.05, 0.1) is 10.2 Å². The van der Waals surface area contributed by atoms with E-state index in [9.17, 15) is 18.5 Å². The first kappa shape index (κ1) is 12.0. The fourth-order valence-corrected chi connectivity index (χ4v) is 3.56. The lowest BCUT2D eigenvalue weighted by atomic mass is 10.1. The fraction of sp³-hybridized carbons (Fsp3) is 0.455. The monoisotopic (exact) mass is 255 g/mol. The van der Waals surface area contributed by atoms with E-state index in [2.05, 4.69) is 0 Å². The van der Waals surface area contributed by atoms with E-state index in [4.69, 9.17) is 0 Å². The van der Waals surface area contributed by atoms with Crippen molar-refractivity contribution in [1.82, 2.24) is 0 Å². The molecule has 92 valence electrons. The van der Waals surface area contributed by atoms with Crippen LogP contribution in [0.4, 0.5) is 5.69 Å². The molecule has 1 saturated carbocycles. The molecule has 6 heteroatoms. The zero-order valence-corrected chi connectivity index (χ0v) is 10.2. The number of hydrogen-bond acceptors (Lipinski definition) is 4. The summed E-state index contributed by atoms with van der Waals surface area (Å²) in [6.07, 6.45) is 0.633. The second-order valence-electron chi connectivity index (χ2n) is 4.18. The normalized spacial score (nSPS) is 23.4. The Balaban J connectivity index is 2.14. The van der Waals surface area contributed by atoms with Crippen molar-refractivity contribution in [2.45, 2.75) is 24.5 Å². The molecule has 1 fully saturated rings. The molecule has 0 saturated heterocycles. The molecular formula is C11H13NO4S. The van der Waals surface area contributed by atoms with E-state index in [1.165, 1.54) is 12.1 Å². The molecule has 0 bridgehead atoms. The highest BCUT2D eigenvalue weighted by atomic mass is 32.2. The molecule has 0 heterocycles. The summed E-state index contributed by atoms with van der Waals surface area (Å²) in [6.45, 7) is 1.64. The largest absolute Gasteiger partial charge is 0.269 e. The van der Waals surface area contributed by atoms with Crippen molar-refractivity contribution in [2.75, 3.05) is 5.75 Å². The summed E-state index contributed by atoms with van der Waals surface area (Å²) in [5.74, 6) is 0.169. The Hall–Kier alpha value is -1.43. The number of nitrogens with zero attached hydrogens (tertiary/aromatic N) is 1. The summed E-state index contributed by atoms with van der Waals surface area (Å²) in [6, 6.07) is 6.13. The smallest absolute Gasteiger partial charge is 0.258 e. The van der Waals surface area contributed by atoms with Gasteiger partial charge in [0.15, 0.2) is 9.84 Å². The maximum absolute atomic E-state index is 11.6. The predicted octanol–water partition coefficient (Wildman–Crippen LogP) is 1.89. The van der Waals surface area contributed by atoms with E-state index >= 15 is 0 Å². The highest BCUT2D eigenvalue weighted by Crippen LogP contribution is 2.46. The van der Waals surface area contributed by atoms with Crippen LogP contribution >= 0.6 is 0 Å².